The average molecular weight is 250 g/mol. The monoisotopic (exact) mass is 250 g/mol. The lowest BCUT2D eigenvalue weighted by atomic mass is 10.0. The Labute approximate surface area is 108 Å². The zero-order valence-corrected chi connectivity index (χ0v) is 11.5. The fraction of sp³-hybridized carbons (Fsp3) is 0.538. The molecule has 1 aromatic heterocycles. The van der Waals surface area contributed by atoms with Gasteiger partial charge in [0.2, 0.25) is 0 Å². The number of carbonyl (C=O) groups is 1. The second-order valence-electron chi connectivity index (χ2n) is 4.92. The minimum atomic E-state index is -0.462. The molecule has 0 aromatic carbocycles. The van der Waals surface area contributed by atoms with Crippen molar-refractivity contribution in [2.24, 2.45) is 11.7 Å². The van der Waals surface area contributed by atoms with E-state index in [2.05, 4.69) is 29.0 Å². The molecule has 0 aliphatic carbocycles. The SMILES string of the molecule is CC(C)[C@H](CNc1ncccc1C(N)=O)N(C)C. The number of rotatable bonds is 6. The Balaban J connectivity index is 2.76. The van der Waals surface area contributed by atoms with Gasteiger partial charge in [-0.2, -0.15) is 0 Å². The second-order valence-corrected chi connectivity index (χ2v) is 4.92. The van der Waals surface area contributed by atoms with Crippen molar-refractivity contribution >= 4 is 11.7 Å². The van der Waals surface area contributed by atoms with E-state index >= 15 is 0 Å². The van der Waals surface area contributed by atoms with E-state index in [1.807, 2.05) is 14.1 Å². The van der Waals surface area contributed by atoms with Gasteiger partial charge in [0.05, 0.1) is 5.56 Å². The summed E-state index contributed by atoms with van der Waals surface area (Å²) >= 11 is 0. The van der Waals surface area contributed by atoms with Crippen LogP contribution in [-0.4, -0.2) is 42.5 Å². The van der Waals surface area contributed by atoms with Crippen LogP contribution in [0.2, 0.25) is 0 Å². The molecule has 100 valence electrons. The summed E-state index contributed by atoms with van der Waals surface area (Å²) in [6.07, 6.45) is 1.65. The van der Waals surface area contributed by atoms with E-state index in [-0.39, 0.29) is 0 Å². The van der Waals surface area contributed by atoms with Crippen LogP contribution in [-0.2, 0) is 0 Å². The highest BCUT2D eigenvalue weighted by Crippen LogP contribution is 2.13. The van der Waals surface area contributed by atoms with Crippen molar-refractivity contribution in [1.82, 2.24) is 9.88 Å². The molecule has 1 heterocycles. The summed E-state index contributed by atoms with van der Waals surface area (Å²) in [6.45, 7) is 5.06. The average Bonchev–Trinajstić information content (AvgIpc) is 2.28. The molecule has 0 fully saturated rings. The van der Waals surface area contributed by atoms with Crippen LogP contribution in [0.3, 0.4) is 0 Å². The summed E-state index contributed by atoms with van der Waals surface area (Å²) < 4.78 is 0. The van der Waals surface area contributed by atoms with Gasteiger partial charge in [0.15, 0.2) is 0 Å². The maximum Gasteiger partial charge on any atom is 0.252 e. The highest BCUT2D eigenvalue weighted by Gasteiger charge is 2.17. The van der Waals surface area contributed by atoms with Crippen LogP contribution >= 0.6 is 0 Å². The van der Waals surface area contributed by atoms with E-state index in [1.54, 1.807) is 18.3 Å². The number of hydrogen-bond donors (Lipinski definition) is 2. The van der Waals surface area contributed by atoms with Gasteiger partial charge in [-0.25, -0.2) is 4.98 Å². The number of pyridine rings is 1. The molecule has 0 radical (unpaired) electrons. The Morgan fingerprint density at radius 3 is 2.67 bits per heavy atom. The molecule has 0 unspecified atom stereocenters. The molecule has 0 saturated heterocycles. The summed E-state index contributed by atoms with van der Waals surface area (Å²) in [4.78, 5) is 17.6. The number of anilines is 1. The van der Waals surface area contributed by atoms with Crippen LogP contribution in [0.15, 0.2) is 18.3 Å². The third kappa shape index (κ3) is 3.70. The molecule has 5 heteroatoms. The van der Waals surface area contributed by atoms with Crippen molar-refractivity contribution in [3.63, 3.8) is 0 Å². The van der Waals surface area contributed by atoms with Crippen molar-refractivity contribution < 1.29 is 4.79 Å². The number of hydrogen-bond acceptors (Lipinski definition) is 4. The van der Waals surface area contributed by atoms with Gasteiger partial charge in [0.25, 0.3) is 5.91 Å². The van der Waals surface area contributed by atoms with Gasteiger partial charge in [-0.05, 0) is 32.1 Å². The summed E-state index contributed by atoms with van der Waals surface area (Å²) in [7, 11) is 4.08. The van der Waals surface area contributed by atoms with Crippen LogP contribution in [0, 0.1) is 5.92 Å². The zero-order valence-electron chi connectivity index (χ0n) is 11.5. The summed E-state index contributed by atoms with van der Waals surface area (Å²) in [5.74, 6) is 0.599. The third-order valence-corrected chi connectivity index (χ3v) is 2.98. The molecule has 0 aliphatic heterocycles. The van der Waals surface area contributed by atoms with Crippen LogP contribution < -0.4 is 11.1 Å². The molecule has 0 bridgehead atoms. The number of nitrogens with zero attached hydrogens (tertiary/aromatic N) is 2. The first kappa shape index (κ1) is 14.4. The van der Waals surface area contributed by atoms with E-state index in [0.29, 0.717) is 23.3 Å². The Bertz CT molecular complexity index is 396. The Kier molecular flexibility index (Phi) is 5.09. The second kappa shape index (κ2) is 6.35. The van der Waals surface area contributed by atoms with E-state index in [1.165, 1.54) is 0 Å². The van der Waals surface area contributed by atoms with E-state index in [0.717, 1.165) is 6.54 Å². The number of nitrogens with two attached hydrogens (primary N) is 1. The van der Waals surface area contributed by atoms with Gasteiger partial charge < -0.3 is 16.0 Å². The number of carbonyl (C=O) groups excluding carboxylic acids is 1. The number of primary amides is 1. The van der Waals surface area contributed by atoms with Gasteiger partial charge in [-0.3, -0.25) is 4.79 Å². The van der Waals surface area contributed by atoms with Gasteiger partial charge >= 0.3 is 0 Å². The number of likely N-dealkylation sites (N-methyl/N-ethyl adjacent to an activating group) is 1. The van der Waals surface area contributed by atoms with E-state index < -0.39 is 5.91 Å². The van der Waals surface area contributed by atoms with E-state index in [4.69, 9.17) is 5.73 Å². The standard InChI is InChI=1S/C13H22N4O/c1-9(2)11(17(3)4)8-16-13-10(12(14)18)6-5-7-15-13/h5-7,9,11H,8H2,1-4H3,(H2,14,18)(H,15,16)/t11-/m0/s1. The Hall–Kier alpha value is -1.62. The molecular formula is C13H22N4O. The lowest BCUT2D eigenvalue weighted by Gasteiger charge is -2.28. The minimum Gasteiger partial charge on any atom is -0.368 e. The molecular weight excluding hydrogens is 228 g/mol. The summed E-state index contributed by atoms with van der Waals surface area (Å²) in [5, 5.41) is 3.20. The first-order valence-electron chi connectivity index (χ1n) is 6.08. The Morgan fingerprint density at radius 2 is 2.17 bits per heavy atom. The Morgan fingerprint density at radius 1 is 1.50 bits per heavy atom. The van der Waals surface area contributed by atoms with Gasteiger partial charge in [0.1, 0.15) is 5.82 Å². The van der Waals surface area contributed by atoms with Crippen LogP contribution in [0.25, 0.3) is 0 Å². The lowest BCUT2D eigenvalue weighted by Crippen LogP contribution is -2.39. The lowest BCUT2D eigenvalue weighted by molar-refractivity contribution is 0.100. The first-order chi connectivity index (χ1) is 8.43. The van der Waals surface area contributed by atoms with Crippen LogP contribution in [0.4, 0.5) is 5.82 Å². The van der Waals surface area contributed by atoms with E-state index in [9.17, 15) is 4.79 Å². The summed E-state index contributed by atoms with van der Waals surface area (Å²) in [5.41, 5.74) is 5.74. The largest absolute Gasteiger partial charge is 0.368 e. The molecule has 1 aromatic rings. The molecule has 1 amide bonds. The van der Waals surface area contributed by atoms with Gasteiger partial charge in [-0.1, -0.05) is 13.8 Å². The van der Waals surface area contributed by atoms with Crippen LogP contribution in [0.5, 0.6) is 0 Å². The maximum absolute atomic E-state index is 11.3. The maximum atomic E-state index is 11.3. The van der Waals surface area contributed by atoms with Crippen LogP contribution in [0.1, 0.15) is 24.2 Å². The number of nitrogens with one attached hydrogen (secondary N) is 1. The minimum absolute atomic E-state index is 0.368. The number of amides is 1. The van der Waals surface area contributed by atoms with Crippen molar-refractivity contribution in [1.29, 1.82) is 0 Å². The van der Waals surface area contributed by atoms with Crippen molar-refractivity contribution in [3.05, 3.63) is 23.9 Å². The number of aromatic nitrogens is 1. The molecule has 5 nitrogen and oxygen atoms in total. The molecule has 18 heavy (non-hydrogen) atoms. The predicted molar refractivity (Wildman–Crippen MR) is 73.6 cm³/mol. The fourth-order valence-corrected chi connectivity index (χ4v) is 1.96. The highest BCUT2D eigenvalue weighted by atomic mass is 16.1. The fourth-order valence-electron chi connectivity index (χ4n) is 1.96. The van der Waals surface area contributed by atoms with Gasteiger partial charge in [-0.15, -0.1) is 0 Å². The normalized spacial score (nSPS) is 12.8. The van der Waals surface area contributed by atoms with Crippen molar-refractivity contribution in [2.45, 2.75) is 19.9 Å². The zero-order chi connectivity index (χ0) is 13.7. The molecule has 3 N–H and O–H groups in total. The molecule has 0 spiro atoms. The molecule has 0 saturated carbocycles. The topological polar surface area (TPSA) is 71.2 Å². The molecule has 1 atom stereocenters. The molecule has 0 aliphatic rings. The van der Waals surface area contributed by atoms with Crippen molar-refractivity contribution in [3.8, 4) is 0 Å². The third-order valence-electron chi connectivity index (χ3n) is 2.98. The summed E-state index contributed by atoms with van der Waals surface area (Å²) in [6, 6.07) is 3.75. The first-order valence-corrected chi connectivity index (χ1v) is 6.08. The quantitative estimate of drug-likeness (QED) is 0.795. The highest BCUT2D eigenvalue weighted by molar-refractivity contribution is 5.97. The molecule has 1 rings (SSSR count). The predicted octanol–water partition coefficient (Wildman–Crippen LogP) is 1.18. The van der Waals surface area contributed by atoms with Crippen molar-refractivity contribution in [2.75, 3.05) is 26.0 Å². The smallest absolute Gasteiger partial charge is 0.252 e. The van der Waals surface area contributed by atoms with Gasteiger partial charge in [0, 0.05) is 18.8 Å².